The number of amides is 2. The van der Waals surface area contributed by atoms with E-state index in [0.29, 0.717) is 11.6 Å². The Morgan fingerprint density at radius 1 is 1.25 bits per heavy atom. The number of primary amides is 1. The summed E-state index contributed by atoms with van der Waals surface area (Å²) in [5.41, 5.74) is 6.88. The first-order valence-electron chi connectivity index (χ1n) is 6.97. The van der Waals surface area contributed by atoms with Crippen molar-refractivity contribution in [3.8, 4) is 0 Å². The van der Waals surface area contributed by atoms with Gasteiger partial charge in [0.1, 0.15) is 0 Å². The fourth-order valence-corrected chi connectivity index (χ4v) is 2.16. The predicted molar refractivity (Wildman–Crippen MR) is 81.5 cm³/mol. The third kappa shape index (κ3) is 5.19. The minimum Gasteiger partial charge on any atom is -0.396 e. The van der Waals surface area contributed by atoms with Crippen molar-refractivity contribution in [1.82, 2.24) is 5.32 Å². The zero-order valence-electron chi connectivity index (χ0n) is 12.4. The Morgan fingerprint density at radius 2 is 1.85 bits per heavy atom. The molecule has 0 spiro atoms. The number of nitrogens with one attached hydrogen (secondary N) is 2. The van der Waals surface area contributed by atoms with Crippen LogP contribution in [0, 0.1) is 5.92 Å². The number of aliphatic hydroxyl groups is 1. The molecule has 112 valence electrons. The van der Waals surface area contributed by atoms with Crippen molar-refractivity contribution in [1.29, 1.82) is 0 Å². The van der Waals surface area contributed by atoms with Gasteiger partial charge in [-0.15, -0.1) is 0 Å². The highest BCUT2D eigenvalue weighted by Crippen LogP contribution is 2.18. The van der Waals surface area contributed by atoms with E-state index in [9.17, 15) is 4.79 Å². The molecule has 0 heterocycles. The maximum Gasteiger partial charge on any atom is 0.316 e. The molecular formula is C15H25N3O2. The summed E-state index contributed by atoms with van der Waals surface area (Å²) in [4.78, 5) is 10.8. The van der Waals surface area contributed by atoms with Crippen LogP contribution in [-0.2, 0) is 0 Å². The van der Waals surface area contributed by atoms with Gasteiger partial charge in [0, 0.05) is 24.4 Å². The largest absolute Gasteiger partial charge is 0.396 e. The van der Waals surface area contributed by atoms with E-state index in [-0.39, 0.29) is 18.7 Å². The Kier molecular flexibility index (Phi) is 6.48. The summed E-state index contributed by atoms with van der Waals surface area (Å²) >= 11 is 0. The molecule has 0 aromatic heterocycles. The van der Waals surface area contributed by atoms with Crippen molar-refractivity contribution in [2.75, 3.05) is 11.9 Å². The fraction of sp³-hybridized carbons (Fsp3) is 0.533. The van der Waals surface area contributed by atoms with Gasteiger partial charge in [0.15, 0.2) is 0 Å². The summed E-state index contributed by atoms with van der Waals surface area (Å²) in [5.74, 6) is 0.459. The van der Waals surface area contributed by atoms with Crippen LogP contribution in [0.5, 0.6) is 0 Å². The highest BCUT2D eigenvalue weighted by molar-refractivity contribution is 5.87. The predicted octanol–water partition coefficient (Wildman–Crippen LogP) is 2.23. The highest BCUT2D eigenvalue weighted by atomic mass is 16.3. The molecule has 0 saturated carbocycles. The van der Waals surface area contributed by atoms with Gasteiger partial charge in [-0.3, -0.25) is 0 Å². The molecule has 2 unspecified atom stereocenters. The second-order valence-corrected chi connectivity index (χ2v) is 5.36. The number of carbonyl (C=O) groups is 1. The molecule has 5 heteroatoms. The van der Waals surface area contributed by atoms with E-state index in [4.69, 9.17) is 10.8 Å². The Labute approximate surface area is 120 Å². The molecule has 5 N–H and O–H groups in total. The van der Waals surface area contributed by atoms with Crippen LogP contribution in [0.15, 0.2) is 24.3 Å². The number of urea groups is 1. The van der Waals surface area contributed by atoms with Crippen molar-refractivity contribution in [2.45, 2.75) is 39.3 Å². The minimum atomic E-state index is -0.563. The van der Waals surface area contributed by atoms with Crippen LogP contribution in [0.2, 0.25) is 0 Å². The smallest absolute Gasteiger partial charge is 0.316 e. The minimum absolute atomic E-state index is 0.177. The van der Waals surface area contributed by atoms with Gasteiger partial charge in [-0.2, -0.15) is 0 Å². The van der Waals surface area contributed by atoms with Gasteiger partial charge in [0.05, 0.1) is 0 Å². The van der Waals surface area contributed by atoms with Crippen LogP contribution in [0.25, 0.3) is 0 Å². The number of carbonyl (C=O) groups excluding carboxylic acids is 1. The Balaban J connectivity index is 2.66. The average molecular weight is 279 g/mol. The van der Waals surface area contributed by atoms with Crippen molar-refractivity contribution in [3.63, 3.8) is 0 Å². The molecule has 0 fully saturated rings. The number of nitrogens with two attached hydrogens (primary N) is 1. The molecule has 0 radical (unpaired) electrons. The fourth-order valence-electron chi connectivity index (χ4n) is 2.16. The molecule has 1 aromatic carbocycles. The zero-order chi connectivity index (χ0) is 15.1. The van der Waals surface area contributed by atoms with E-state index in [1.807, 2.05) is 24.3 Å². The van der Waals surface area contributed by atoms with E-state index in [1.165, 1.54) is 0 Å². The van der Waals surface area contributed by atoms with Crippen LogP contribution >= 0.6 is 0 Å². The summed E-state index contributed by atoms with van der Waals surface area (Å²) in [6, 6.07) is 7.46. The van der Waals surface area contributed by atoms with Crippen LogP contribution < -0.4 is 16.4 Å². The topological polar surface area (TPSA) is 87.4 Å². The van der Waals surface area contributed by atoms with E-state index >= 15 is 0 Å². The second kappa shape index (κ2) is 7.87. The Bertz CT molecular complexity index is 418. The number of aliphatic hydroxyl groups excluding tert-OH is 1. The molecule has 1 aromatic rings. The van der Waals surface area contributed by atoms with E-state index in [1.54, 1.807) is 0 Å². The lowest BCUT2D eigenvalue weighted by Crippen LogP contribution is -2.36. The number of benzene rings is 1. The number of hydrogen-bond acceptors (Lipinski definition) is 3. The molecule has 0 aliphatic heterocycles. The monoisotopic (exact) mass is 279 g/mol. The molecule has 2 amide bonds. The van der Waals surface area contributed by atoms with E-state index in [2.05, 4.69) is 31.4 Å². The number of rotatable bonds is 7. The molecule has 2 atom stereocenters. The third-order valence-electron chi connectivity index (χ3n) is 3.39. The molecule has 1 rings (SSSR count). The summed E-state index contributed by atoms with van der Waals surface area (Å²) < 4.78 is 0. The molecule has 5 nitrogen and oxygen atoms in total. The maximum absolute atomic E-state index is 10.8. The third-order valence-corrected chi connectivity index (χ3v) is 3.39. The normalized spacial score (nSPS) is 14.1. The van der Waals surface area contributed by atoms with Gasteiger partial charge in [0.2, 0.25) is 0 Å². The highest BCUT2D eigenvalue weighted by Gasteiger charge is 2.16. The lowest BCUT2D eigenvalue weighted by Gasteiger charge is -2.26. The molecular weight excluding hydrogens is 254 g/mol. The van der Waals surface area contributed by atoms with Crippen LogP contribution in [0.3, 0.4) is 0 Å². The second-order valence-electron chi connectivity index (χ2n) is 5.36. The first-order chi connectivity index (χ1) is 9.43. The Morgan fingerprint density at radius 3 is 2.30 bits per heavy atom. The lowest BCUT2D eigenvalue weighted by molar-refractivity contribution is 0.237. The van der Waals surface area contributed by atoms with Crippen LogP contribution in [0.4, 0.5) is 10.5 Å². The molecule has 0 aliphatic rings. The first-order valence-corrected chi connectivity index (χ1v) is 6.97. The molecule has 0 bridgehead atoms. The van der Waals surface area contributed by atoms with Gasteiger partial charge >= 0.3 is 6.03 Å². The molecule has 0 aliphatic carbocycles. The van der Waals surface area contributed by atoms with Gasteiger partial charge in [-0.05, 0) is 37.0 Å². The SMILES string of the molecule is CC(NC(CCO)C(C)C)c1ccc(NC(N)=O)cc1. The van der Waals surface area contributed by atoms with Gasteiger partial charge in [0.25, 0.3) is 0 Å². The summed E-state index contributed by atoms with van der Waals surface area (Å²) in [7, 11) is 0. The quantitative estimate of drug-likeness (QED) is 0.617. The summed E-state index contributed by atoms with van der Waals surface area (Å²) in [5, 5.41) is 15.2. The van der Waals surface area contributed by atoms with Gasteiger partial charge in [-0.1, -0.05) is 26.0 Å². The lowest BCUT2D eigenvalue weighted by atomic mass is 9.98. The van der Waals surface area contributed by atoms with Crippen molar-refractivity contribution in [3.05, 3.63) is 29.8 Å². The van der Waals surface area contributed by atoms with Crippen LogP contribution in [0.1, 0.15) is 38.8 Å². The van der Waals surface area contributed by atoms with Crippen molar-refractivity contribution < 1.29 is 9.90 Å². The Hall–Kier alpha value is -1.59. The van der Waals surface area contributed by atoms with E-state index in [0.717, 1.165) is 12.0 Å². The summed E-state index contributed by atoms with van der Waals surface area (Å²) in [6.07, 6.45) is 0.739. The maximum atomic E-state index is 10.8. The van der Waals surface area contributed by atoms with Crippen LogP contribution in [-0.4, -0.2) is 23.8 Å². The molecule has 0 saturated heterocycles. The van der Waals surface area contributed by atoms with Crippen molar-refractivity contribution in [2.24, 2.45) is 11.7 Å². The van der Waals surface area contributed by atoms with Gasteiger partial charge < -0.3 is 21.5 Å². The zero-order valence-corrected chi connectivity index (χ0v) is 12.4. The van der Waals surface area contributed by atoms with Crippen molar-refractivity contribution >= 4 is 11.7 Å². The average Bonchev–Trinajstić information content (AvgIpc) is 2.38. The molecule has 20 heavy (non-hydrogen) atoms. The standard InChI is InChI=1S/C15H25N3O2/c1-10(2)14(8-9-19)17-11(3)12-4-6-13(7-5-12)18-15(16)20/h4-7,10-11,14,17,19H,8-9H2,1-3H3,(H3,16,18,20). The van der Waals surface area contributed by atoms with E-state index < -0.39 is 6.03 Å². The number of anilines is 1. The van der Waals surface area contributed by atoms with Gasteiger partial charge in [-0.25, -0.2) is 4.79 Å². The first kappa shape index (κ1) is 16.5. The number of hydrogen-bond donors (Lipinski definition) is 4. The summed E-state index contributed by atoms with van der Waals surface area (Å²) in [6.45, 7) is 6.55.